The van der Waals surface area contributed by atoms with Crippen LogP contribution in [0.2, 0.25) is 10.0 Å². The molecule has 2 heterocycles. The van der Waals surface area contributed by atoms with E-state index >= 15 is 0 Å². The average Bonchev–Trinajstić information content (AvgIpc) is 3.20. The summed E-state index contributed by atoms with van der Waals surface area (Å²) in [7, 11) is 1.57. The van der Waals surface area contributed by atoms with Gasteiger partial charge in [-0.25, -0.2) is 5.01 Å². The van der Waals surface area contributed by atoms with Crippen molar-refractivity contribution < 1.29 is 14.3 Å². The Kier molecular flexibility index (Phi) is 7.07. The fourth-order valence-corrected chi connectivity index (χ4v) is 4.72. The number of methoxy groups -OCH3 is 1. The molecule has 1 saturated heterocycles. The second kappa shape index (κ2) is 9.99. The van der Waals surface area contributed by atoms with Gasteiger partial charge in [0.05, 0.1) is 23.9 Å². The minimum Gasteiger partial charge on any atom is -0.497 e. The lowest BCUT2D eigenvalue weighted by Gasteiger charge is -2.28. The lowest BCUT2D eigenvalue weighted by Crippen LogP contribution is -2.50. The number of nitrogens with one attached hydrogen (secondary N) is 1. The van der Waals surface area contributed by atoms with Crippen molar-refractivity contribution >= 4 is 46.4 Å². The van der Waals surface area contributed by atoms with Crippen LogP contribution in [0.4, 0.5) is 5.69 Å². The molecule has 0 spiro atoms. The van der Waals surface area contributed by atoms with Crippen molar-refractivity contribution in [3.8, 4) is 5.75 Å². The molecular formula is C23H25Cl2N5O3. The number of piperidine rings is 1. The van der Waals surface area contributed by atoms with Crippen molar-refractivity contribution in [2.45, 2.75) is 25.3 Å². The van der Waals surface area contributed by atoms with Gasteiger partial charge in [0.15, 0.2) is 0 Å². The SMILES string of the molecule is COc1ccc(C2C(C(N)=O)C(C(=O)NN3CCCCC3)=NN2c2ccc(Cl)cc2Cl)cc1. The van der Waals surface area contributed by atoms with Crippen LogP contribution in [0.1, 0.15) is 30.9 Å². The summed E-state index contributed by atoms with van der Waals surface area (Å²) in [5.74, 6) is -1.44. The number of rotatable bonds is 6. The number of benzene rings is 2. The Morgan fingerprint density at radius 2 is 1.79 bits per heavy atom. The largest absolute Gasteiger partial charge is 0.497 e. The summed E-state index contributed by atoms with van der Waals surface area (Å²) in [6.45, 7) is 1.49. The quantitative estimate of drug-likeness (QED) is 0.646. The number of ether oxygens (including phenoxy) is 1. The van der Waals surface area contributed by atoms with E-state index < -0.39 is 23.8 Å². The second-order valence-electron chi connectivity index (χ2n) is 8.01. The van der Waals surface area contributed by atoms with E-state index in [0.29, 0.717) is 21.5 Å². The van der Waals surface area contributed by atoms with Gasteiger partial charge in [0.2, 0.25) is 5.91 Å². The van der Waals surface area contributed by atoms with Gasteiger partial charge in [-0.3, -0.25) is 20.0 Å². The summed E-state index contributed by atoms with van der Waals surface area (Å²) in [5, 5.41) is 8.79. The molecule has 2 aliphatic heterocycles. The molecular weight excluding hydrogens is 465 g/mol. The number of hydrazine groups is 1. The molecule has 2 atom stereocenters. The number of hydrogen-bond donors (Lipinski definition) is 2. The highest BCUT2D eigenvalue weighted by Crippen LogP contribution is 2.42. The first kappa shape index (κ1) is 23.4. The number of nitrogens with two attached hydrogens (primary N) is 1. The van der Waals surface area contributed by atoms with Crippen molar-refractivity contribution in [1.82, 2.24) is 10.4 Å². The molecule has 0 saturated carbocycles. The van der Waals surface area contributed by atoms with Gasteiger partial charge in [0.1, 0.15) is 17.4 Å². The number of halogens is 2. The molecule has 1 fully saturated rings. The Morgan fingerprint density at radius 3 is 2.39 bits per heavy atom. The van der Waals surface area contributed by atoms with E-state index in [-0.39, 0.29) is 5.71 Å². The maximum absolute atomic E-state index is 13.2. The van der Waals surface area contributed by atoms with Gasteiger partial charge in [-0.1, -0.05) is 41.8 Å². The third-order valence-electron chi connectivity index (χ3n) is 5.86. The van der Waals surface area contributed by atoms with E-state index in [4.69, 9.17) is 33.7 Å². The minimum atomic E-state index is -0.991. The number of nitrogens with zero attached hydrogens (tertiary/aromatic N) is 3. The molecule has 174 valence electrons. The lowest BCUT2D eigenvalue weighted by molar-refractivity contribution is -0.123. The van der Waals surface area contributed by atoms with Crippen molar-refractivity contribution in [3.63, 3.8) is 0 Å². The Hall–Kier alpha value is -2.81. The predicted octanol–water partition coefficient (Wildman–Crippen LogP) is 3.54. The van der Waals surface area contributed by atoms with E-state index in [1.165, 1.54) is 0 Å². The second-order valence-corrected chi connectivity index (χ2v) is 8.86. The fraction of sp³-hybridized carbons (Fsp3) is 0.348. The first-order chi connectivity index (χ1) is 15.9. The first-order valence-electron chi connectivity index (χ1n) is 10.7. The summed E-state index contributed by atoms with van der Waals surface area (Å²) >= 11 is 12.6. The number of amides is 2. The number of hydrogen-bond acceptors (Lipinski definition) is 6. The van der Waals surface area contributed by atoms with Crippen molar-refractivity contribution in [1.29, 1.82) is 0 Å². The van der Waals surface area contributed by atoms with Gasteiger partial charge in [-0.05, 0) is 48.7 Å². The Balaban J connectivity index is 1.76. The van der Waals surface area contributed by atoms with Crippen LogP contribution >= 0.6 is 23.2 Å². The Morgan fingerprint density at radius 1 is 1.09 bits per heavy atom. The van der Waals surface area contributed by atoms with E-state index in [1.54, 1.807) is 42.5 Å². The lowest BCUT2D eigenvalue weighted by atomic mass is 9.88. The third-order valence-corrected chi connectivity index (χ3v) is 6.40. The van der Waals surface area contributed by atoms with E-state index in [2.05, 4.69) is 10.5 Å². The van der Waals surface area contributed by atoms with Crippen LogP contribution in [0.25, 0.3) is 0 Å². The van der Waals surface area contributed by atoms with E-state index in [0.717, 1.165) is 37.9 Å². The average molecular weight is 490 g/mol. The molecule has 0 radical (unpaired) electrons. The van der Waals surface area contributed by atoms with Crippen LogP contribution in [0, 0.1) is 5.92 Å². The molecule has 0 bridgehead atoms. The van der Waals surface area contributed by atoms with Crippen LogP contribution in [-0.2, 0) is 9.59 Å². The Labute approximate surface area is 202 Å². The summed E-state index contributed by atoms with van der Waals surface area (Å²) in [6.07, 6.45) is 3.11. The van der Waals surface area contributed by atoms with Crippen molar-refractivity contribution in [3.05, 3.63) is 58.1 Å². The van der Waals surface area contributed by atoms with Crippen LogP contribution in [0.15, 0.2) is 47.6 Å². The molecule has 33 heavy (non-hydrogen) atoms. The molecule has 0 aromatic heterocycles. The molecule has 3 N–H and O–H groups in total. The highest BCUT2D eigenvalue weighted by atomic mass is 35.5. The highest BCUT2D eigenvalue weighted by Gasteiger charge is 2.46. The number of hydrazone groups is 1. The number of primary amides is 1. The van der Waals surface area contributed by atoms with Crippen LogP contribution in [-0.4, -0.2) is 42.7 Å². The van der Waals surface area contributed by atoms with Crippen molar-refractivity contribution in [2.24, 2.45) is 16.8 Å². The zero-order chi connectivity index (χ0) is 23.5. The summed E-state index contributed by atoms with van der Waals surface area (Å²) < 4.78 is 5.25. The van der Waals surface area contributed by atoms with Crippen LogP contribution in [0.5, 0.6) is 5.75 Å². The molecule has 8 nitrogen and oxygen atoms in total. The molecule has 10 heteroatoms. The highest BCUT2D eigenvalue weighted by molar-refractivity contribution is 6.44. The third kappa shape index (κ3) is 4.93. The zero-order valence-corrected chi connectivity index (χ0v) is 19.6. The monoisotopic (exact) mass is 489 g/mol. The van der Waals surface area contributed by atoms with Gasteiger partial charge in [-0.15, -0.1) is 0 Å². The predicted molar refractivity (Wildman–Crippen MR) is 128 cm³/mol. The molecule has 2 aromatic rings. The fourth-order valence-electron chi connectivity index (χ4n) is 4.22. The smallest absolute Gasteiger partial charge is 0.282 e. The van der Waals surface area contributed by atoms with Gasteiger partial charge >= 0.3 is 0 Å². The summed E-state index contributed by atoms with van der Waals surface area (Å²) in [6, 6.07) is 11.5. The summed E-state index contributed by atoms with van der Waals surface area (Å²) in [4.78, 5) is 25.9. The maximum atomic E-state index is 13.2. The van der Waals surface area contributed by atoms with Gasteiger partial charge < -0.3 is 10.5 Å². The molecule has 2 amide bonds. The molecule has 2 aromatic carbocycles. The van der Waals surface area contributed by atoms with E-state index in [1.807, 2.05) is 17.1 Å². The molecule has 2 aliphatic rings. The molecule has 2 unspecified atom stereocenters. The topological polar surface area (TPSA) is 100 Å². The number of anilines is 1. The maximum Gasteiger partial charge on any atom is 0.282 e. The van der Waals surface area contributed by atoms with Crippen LogP contribution in [0.3, 0.4) is 0 Å². The minimum absolute atomic E-state index is 0.0416. The van der Waals surface area contributed by atoms with E-state index in [9.17, 15) is 9.59 Å². The van der Waals surface area contributed by atoms with Crippen molar-refractivity contribution in [2.75, 3.05) is 25.2 Å². The zero-order valence-electron chi connectivity index (χ0n) is 18.1. The van der Waals surface area contributed by atoms with Gasteiger partial charge in [0, 0.05) is 18.1 Å². The number of carbonyl (C=O) groups is 2. The molecule has 4 rings (SSSR count). The normalized spacial score (nSPS) is 20.9. The molecule has 0 aliphatic carbocycles. The Bertz CT molecular complexity index is 1070. The first-order valence-corrected chi connectivity index (χ1v) is 11.5. The van der Waals surface area contributed by atoms with Crippen LogP contribution < -0.4 is 20.9 Å². The van der Waals surface area contributed by atoms with Gasteiger partial charge in [-0.2, -0.15) is 5.10 Å². The number of carbonyl (C=O) groups excluding carboxylic acids is 2. The summed E-state index contributed by atoms with van der Waals surface area (Å²) in [5.41, 5.74) is 9.99. The van der Waals surface area contributed by atoms with Gasteiger partial charge in [0.25, 0.3) is 5.91 Å². The standard InChI is InChI=1S/C23H25Cl2N5O3/c1-33-16-8-5-14(6-9-16)21-19(22(26)31)20(23(32)28-29-11-3-2-4-12-29)27-30(21)18-10-7-15(24)13-17(18)25/h5-10,13,19,21H,2-4,11-12H2,1H3,(H2,26,31)(H,28,32).